The van der Waals surface area contributed by atoms with Gasteiger partial charge in [-0.1, -0.05) is 18.2 Å². The molecule has 0 amide bonds. The summed E-state index contributed by atoms with van der Waals surface area (Å²) in [7, 11) is 1.84. The molecule has 90 valence electrons. The van der Waals surface area contributed by atoms with Crippen LogP contribution in [0.2, 0.25) is 0 Å². The number of hydrogen-bond acceptors (Lipinski definition) is 2. The summed E-state index contributed by atoms with van der Waals surface area (Å²) >= 11 is 0. The minimum absolute atomic E-state index is 0.0138. The van der Waals surface area contributed by atoms with Crippen LogP contribution < -0.4 is 5.32 Å². The Bertz CT molecular complexity index is 315. The molecular weight excluding hydrogens is 205 g/mol. The van der Waals surface area contributed by atoms with Crippen LogP contribution in [-0.2, 0) is 4.74 Å². The summed E-state index contributed by atoms with van der Waals surface area (Å²) in [5, 5.41) is 3.11. The number of ether oxygens (including phenoxy) is 1. The Morgan fingerprint density at radius 2 is 2.00 bits per heavy atom. The lowest BCUT2D eigenvalue weighted by Crippen LogP contribution is -2.20. The van der Waals surface area contributed by atoms with Crippen LogP contribution in [-0.4, -0.2) is 19.8 Å². The lowest BCUT2D eigenvalue weighted by molar-refractivity contribution is 0.0717. The van der Waals surface area contributed by atoms with Crippen molar-refractivity contribution in [2.75, 3.05) is 13.7 Å². The third-order valence-electron chi connectivity index (χ3n) is 2.49. The molecule has 0 heterocycles. The first-order valence-electron chi connectivity index (χ1n) is 5.68. The van der Waals surface area contributed by atoms with Gasteiger partial charge in [-0.05, 0) is 33.4 Å². The minimum Gasteiger partial charge on any atom is -0.379 e. The van der Waals surface area contributed by atoms with Crippen molar-refractivity contribution < 1.29 is 9.13 Å². The molecule has 0 spiro atoms. The van der Waals surface area contributed by atoms with Gasteiger partial charge in [0.05, 0.1) is 6.10 Å². The largest absolute Gasteiger partial charge is 0.379 e. The van der Waals surface area contributed by atoms with Crippen molar-refractivity contribution in [3.63, 3.8) is 0 Å². The zero-order valence-electron chi connectivity index (χ0n) is 10.2. The molecule has 0 aromatic heterocycles. The van der Waals surface area contributed by atoms with Crippen LogP contribution in [0.4, 0.5) is 4.39 Å². The molecule has 0 fully saturated rings. The molecule has 0 aliphatic rings. The van der Waals surface area contributed by atoms with Crippen molar-refractivity contribution in [3.8, 4) is 0 Å². The highest BCUT2D eigenvalue weighted by Gasteiger charge is 2.13. The van der Waals surface area contributed by atoms with Gasteiger partial charge in [-0.15, -0.1) is 0 Å². The van der Waals surface area contributed by atoms with E-state index in [1.54, 1.807) is 6.07 Å². The van der Waals surface area contributed by atoms with Gasteiger partial charge in [0.15, 0.2) is 0 Å². The normalized spacial score (nSPS) is 13.1. The van der Waals surface area contributed by atoms with Crippen LogP contribution in [0.25, 0.3) is 0 Å². The van der Waals surface area contributed by atoms with E-state index < -0.39 is 0 Å². The van der Waals surface area contributed by atoms with Gasteiger partial charge in [0.25, 0.3) is 0 Å². The molecule has 0 aliphatic heterocycles. The first-order valence-corrected chi connectivity index (χ1v) is 5.68. The standard InChI is InChI=1S/C13H20FNO/c1-10(2)16-9-8-13(15-3)11-6-4-5-7-12(11)14/h4-7,10,13,15H,8-9H2,1-3H3. The second kappa shape index (κ2) is 6.61. The van der Waals surface area contributed by atoms with Gasteiger partial charge in [-0.2, -0.15) is 0 Å². The molecule has 1 aromatic carbocycles. The SMILES string of the molecule is CNC(CCOC(C)C)c1ccccc1F. The highest BCUT2D eigenvalue weighted by molar-refractivity contribution is 5.21. The van der Waals surface area contributed by atoms with E-state index in [-0.39, 0.29) is 18.0 Å². The molecule has 16 heavy (non-hydrogen) atoms. The fraction of sp³-hybridized carbons (Fsp3) is 0.538. The van der Waals surface area contributed by atoms with E-state index in [0.29, 0.717) is 12.2 Å². The topological polar surface area (TPSA) is 21.3 Å². The number of halogens is 1. The number of rotatable bonds is 6. The zero-order valence-corrected chi connectivity index (χ0v) is 10.2. The number of benzene rings is 1. The lowest BCUT2D eigenvalue weighted by atomic mass is 10.0. The summed E-state index contributed by atoms with van der Waals surface area (Å²) in [6.45, 7) is 4.63. The maximum Gasteiger partial charge on any atom is 0.127 e. The molecule has 0 radical (unpaired) electrons. The fourth-order valence-electron chi connectivity index (χ4n) is 1.63. The van der Waals surface area contributed by atoms with Crippen LogP contribution >= 0.6 is 0 Å². The van der Waals surface area contributed by atoms with Crippen LogP contribution in [0.15, 0.2) is 24.3 Å². The van der Waals surface area contributed by atoms with E-state index in [1.165, 1.54) is 6.07 Å². The minimum atomic E-state index is -0.161. The summed E-state index contributed by atoms with van der Waals surface area (Å²) in [4.78, 5) is 0. The molecule has 1 rings (SSSR count). The maximum atomic E-state index is 13.5. The predicted molar refractivity (Wildman–Crippen MR) is 63.9 cm³/mol. The Balaban J connectivity index is 2.57. The Labute approximate surface area is 96.8 Å². The maximum absolute atomic E-state index is 13.5. The summed E-state index contributed by atoms with van der Waals surface area (Å²) in [6, 6.07) is 6.87. The fourth-order valence-corrected chi connectivity index (χ4v) is 1.63. The Hall–Kier alpha value is -0.930. The molecule has 3 heteroatoms. The second-order valence-electron chi connectivity index (χ2n) is 4.07. The third kappa shape index (κ3) is 3.91. The second-order valence-corrected chi connectivity index (χ2v) is 4.07. The summed E-state index contributed by atoms with van der Waals surface area (Å²) in [5.41, 5.74) is 0.706. The molecule has 1 unspecified atom stereocenters. The molecule has 1 aromatic rings. The van der Waals surface area contributed by atoms with Crippen molar-refractivity contribution >= 4 is 0 Å². The van der Waals surface area contributed by atoms with Gasteiger partial charge in [-0.3, -0.25) is 0 Å². The van der Waals surface area contributed by atoms with Crippen LogP contribution in [0.5, 0.6) is 0 Å². The van der Waals surface area contributed by atoms with E-state index in [4.69, 9.17) is 4.74 Å². The molecule has 1 N–H and O–H groups in total. The Morgan fingerprint density at radius 1 is 1.31 bits per heavy atom. The van der Waals surface area contributed by atoms with Crippen molar-refractivity contribution in [1.29, 1.82) is 0 Å². The quantitative estimate of drug-likeness (QED) is 0.803. The average molecular weight is 225 g/mol. The van der Waals surface area contributed by atoms with E-state index in [2.05, 4.69) is 5.32 Å². The highest BCUT2D eigenvalue weighted by Crippen LogP contribution is 2.19. The summed E-state index contributed by atoms with van der Waals surface area (Å²) < 4.78 is 19.0. The van der Waals surface area contributed by atoms with Gasteiger partial charge < -0.3 is 10.1 Å². The molecule has 0 saturated heterocycles. The van der Waals surface area contributed by atoms with E-state index in [9.17, 15) is 4.39 Å². The Kier molecular flexibility index (Phi) is 5.43. The Morgan fingerprint density at radius 3 is 2.56 bits per heavy atom. The van der Waals surface area contributed by atoms with Crippen molar-refractivity contribution in [3.05, 3.63) is 35.6 Å². The van der Waals surface area contributed by atoms with Gasteiger partial charge in [-0.25, -0.2) is 4.39 Å². The van der Waals surface area contributed by atoms with E-state index in [1.807, 2.05) is 33.0 Å². The highest BCUT2D eigenvalue weighted by atomic mass is 19.1. The average Bonchev–Trinajstić information content (AvgIpc) is 2.25. The monoisotopic (exact) mass is 225 g/mol. The molecule has 0 bridgehead atoms. The smallest absolute Gasteiger partial charge is 0.127 e. The molecule has 0 aliphatic carbocycles. The van der Waals surface area contributed by atoms with Gasteiger partial charge in [0.1, 0.15) is 5.82 Å². The van der Waals surface area contributed by atoms with Crippen LogP contribution in [0.3, 0.4) is 0 Å². The zero-order chi connectivity index (χ0) is 12.0. The van der Waals surface area contributed by atoms with Gasteiger partial charge in [0, 0.05) is 18.2 Å². The predicted octanol–water partition coefficient (Wildman–Crippen LogP) is 2.90. The van der Waals surface area contributed by atoms with Gasteiger partial charge in [0.2, 0.25) is 0 Å². The number of hydrogen-bond donors (Lipinski definition) is 1. The van der Waals surface area contributed by atoms with Crippen LogP contribution in [0.1, 0.15) is 31.9 Å². The van der Waals surface area contributed by atoms with Crippen molar-refractivity contribution in [1.82, 2.24) is 5.32 Å². The molecule has 2 nitrogen and oxygen atoms in total. The molecule has 0 saturated carbocycles. The lowest BCUT2D eigenvalue weighted by Gasteiger charge is -2.18. The van der Waals surface area contributed by atoms with Crippen molar-refractivity contribution in [2.24, 2.45) is 0 Å². The van der Waals surface area contributed by atoms with Crippen molar-refractivity contribution in [2.45, 2.75) is 32.4 Å². The van der Waals surface area contributed by atoms with E-state index >= 15 is 0 Å². The molecular formula is C13H20FNO. The van der Waals surface area contributed by atoms with E-state index in [0.717, 1.165) is 6.42 Å². The first kappa shape index (κ1) is 13.1. The number of nitrogens with one attached hydrogen (secondary N) is 1. The molecule has 1 atom stereocenters. The summed E-state index contributed by atoms with van der Waals surface area (Å²) in [5.74, 6) is -0.161. The van der Waals surface area contributed by atoms with Gasteiger partial charge >= 0.3 is 0 Å². The first-order chi connectivity index (χ1) is 7.65. The third-order valence-corrected chi connectivity index (χ3v) is 2.49. The van der Waals surface area contributed by atoms with Crippen LogP contribution in [0, 0.1) is 5.82 Å². The summed E-state index contributed by atoms with van der Waals surface area (Å²) in [6.07, 6.45) is 0.994.